The predicted octanol–water partition coefficient (Wildman–Crippen LogP) is 1.43. The second-order valence-corrected chi connectivity index (χ2v) is 18.6. The van der Waals surface area contributed by atoms with Crippen LogP contribution in [0.25, 0.3) is 0 Å². The summed E-state index contributed by atoms with van der Waals surface area (Å²) in [5.41, 5.74) is 1.69. The molecule has 2 aromatic rings. The third-order valence-corrected chi connectivity index (χ3v) is 9.91. The van der Waals surface area contributed by atoms with Crippen LogP contribution in [0.3, 0.4) is 0 Å². The Morgan fingerprint density at radius 2 is 1.23 bits per heavy atom. The first kappa shape index (κ1) is 37.6. The maximum absolute atomic E-state index is 11.7. The normalized spacial score (nSPS) is 31.4. The lowest BCUT2D eigenvalue weighted by Gasteiger charge is -2.47. The van der Waals surface area contributed by atoms with E-state index in [2.05, 4.69) is 19.6 Å². The number of aliphatic hydroxyl groups excluding tert-OH is 5. The zero-order valence-electron chi connectivity index (χ0n) is 27.6. The topological polar surface area (TPSA) is 175 Å². The van der Waals surface area contributed by atoms with Gasteiger partial charge in [0.1, 0.15) is 60.3 Å². The van der Waals surface area contributed by atoms with Crippen LogP contribution in [0.4, 0.5) is 0 Å². The van der Waals surface area contributed by atoms with E-state index in [1.54, 1.807) is 26.4 Å². The highest BCUT2D eigenvalue weighted by Gasteiger charge is 2.52. The van der Waals surface area contributed by atoms with Crippen molar-refractivity contribution in [3.8, 4) is 11.5 Å². The Labute approximate surface area is 276 Å². The molecule has 2 aliphatic heterocycles. The fourth-order valence-electron chi connectivity index (χ4n) is 5.24. The smallest absolute Gasteiger partial charge is 0.187 e. The molecular formula is C33H50O13Si. The number of aliphatic hydroxyl groups is 5. The minimum absolute atomic E-state index is 0.0409. The maximum atomic E-state index is 11.7. The highest BCUT2D eigenvalue weighted by Crippen LogP contribution is 2.32. The van der Waals surface area contributed by atoms with Crippen molar-refractivity contribution in [3.63, 3.8) is 0 Å². The van der Waals surface area contributed by atoms with Crippen LogP contribution >= 0.6 is 0 Å². The fourth-order valence-corrected chi connectivity index (χ4v) is 5.97. The van der Waals surface area contributed by atoms with E-state index in [4.69, 9.17) is 37.9 Å². The van der Waals surface area contributed by atoms with E-state index < -0.39 is 76.1 Å². The molecule has 0 bridgehead atoms. The zero-order chi connectivity index (χ0) is 34.1. The molecule has 0 aliphatic carbocycles. The molecule has 2 aromatic carbocycles. The van der Waals surface area contributed by atoms with E-state index in [1.807, 2.05) is 36.4 Å². The average molecular weight is 683 g/mol. The minimum atomic E-state index is -1.69. The van der Waals surface area contributed by atoms with Gasteiger partial charge in [-0.25, -0.2) is 0 Å². The summed E-state index contributed by atoms with van der Waals surface area (Å²) in [5.74, 6) is 1.39. The van der Waals surface area contributed by atoms with E-state index >= 15 is 0 Å². The van der Waals surface area contributed by atoms with Crippen LogP contribution < -0.4 is 9.47 Å². The van der Waals surface area contributed by atoms with E-state index in [9.17, 15) is 25.5 Å². The Hall–Kier alpha value is -2.18. The molecule has 2 aliphatic rings. The molecule has 0 unspecified atom stereocenters. The fraction of sp³-hybridized carbons (Fsp3) is 0.636. The van der Waals surface area contributed by atoms with Gasteiger partial charge < -0.3 is 63.4 Å². The molecule has 13 nitrogen and oxygen atoms in total. The van der Waals surface area contributed by atoms with Gasteiger partial charge in [0.05, 0.1) is 40.6 Å². The summed E-state index contributed by atoms with van der Waals surface area (Å²) in [7, 11) is 1.66. The predicted molar refractivity (Wildman–Crippen MR) is 172 cm³/mol. The summed E-state index contributed by atoms with van der Waals surface area (Å²) in [6.45, 7) is 6.68. The highest BCUT2D eigenvalue weighted by atomic mass is 28.3. The van der Waals surface area contributed by atoms with Gasteiger partial charge in [-0.2, -0.15) is 0 Å². The van der Waals surface area contributed by atoms with Crippen molar-refractivity contribution >= 4 is 8.07 Å². The molecule has 0 aromatic heterocycles. The second kappa shape index (κ2) is 17.5. The number of hydrogen-bond donors (Lipinski definition) is 5. The minimum Gasteiger partial charge on any atom is -0.497 e. The Kier molecular flexibility index (Phi) is 14.0. The van der Waals surface area contributed by atoms with Crippen molar-refractivity contribution in [3.05, 3.63) is 59.7 Å². The van der Waals surface area contributed by atoms with Crippen molar-refractivity contribution in [2.45, 2.75) is 100 Å². The molecule has 5 N–H and O–H groups in total. The molecule has 2 heterocycles. The van der Waals surface area contributed by atoms with Crippen LogP contribution in [0.15, 0.2) is 48.5 Å². The van der Waals surface area contributed by atoms with E-state index in [0.29, 0.717) is 18.1 Å². The van der Waals surface area contributed by atoms with Crippen molar-refractivity contribution in [2.24, 2.45) is 0 Å². The van der Waals surface area contributed by atoms with Gasteiger partial charge in [0.25, 0.3) is 0 Å². The van der Waals surface area contributed by atoms with Crippen molar-refractivity contribution in [2.75, 3.05) is 34.0 Å². The van der Waals surface area contributed by atoms with E-state index in [-0.39, 0.29) is 19.8 Å². The number of rotatable bonds is 16. The van der Waals surface area contributed by atoms with Gasteiger partial charge in [-0.1, -0.05) is 43.9 Å². The van der Waals surface area contributed by atoms with Gasteiger partial charge in [0.15, 0.2) is 12.6 Å². The van der Waals surface area contributed by atoms with Crippen molar-refractivity contribution < 1.29 is 63.4 Å². The SMILES string of the molecule is COc1ccc(COC[C@H]2O[C@@H](OCC[Si](C)(C)C)[C@H](OCc3ccc(OC)cc3)[C@@H](O[C@@H]3O[C@H](CO)[C@H](O)[C@H](O)[C@H]3O)[C@H]2O)cc1. The van der Waals surface area contributed by atoms with Crippen molar-refractivity contribution in [1.82, 2.24) is 0 Å². The Balaban J connectivity index is 1.57. The summed E-state index contributed by atoms with van der Waals surface area (Å²) in [6, 6.07) is 15.5. The zero-order valence-corrected chi connectivity index (χ0v) is 28.6. The maximum Gasteiger partial charge on any atom is 0.187 e. The third kappa shape index (κ3) is 10.4. The highest BCUT2D eigenvalue weighted by molar-refractivity contribution is 6.76. The van der Waals surface area contributed by atoms with Crippen LogP contribution in [0.5, 0.6) is 11.5 Å². The van der Waals surface area contributed by atoms with Crippen LogP contribution in [-0.2, 0) is 41.6 Å². The first-order valence-corrected chi connectivity index (χ1v) is 19.5. The Morgan fingerprint density at radius 3 is 1.79 bits per heavy atom. The van der Waals surface area contributed by atoms with E-state index in [1.165, 1.54) is 0 Å². The lowest BCUT2D eigenvalue weighted by atomic mass is 9.96. The van der Waals surface area contributed by atoms with Gasteiger partial charge in [-0.05, 0) is 41.4 Å². The molecular weight excluding hydrogens is 632 g/mol. The van der Waals surface area contributed by atoms with Crippen LogP contribution in [-0.4, -0.2) is 129 Å². The summed E-state index contributed by atoms with van der Waals surface area (Å²) in [4.78, 5) is 0. The molecule has 4 rings (SSSR count). The van der Waals surface area contributed by atoms with Gasteiger partial charge in [-0.15, -0.1) is 0 Å². The first-order chi connectivity index (χ1) is 22.4. The van der Waals surface area contributed by atoms with Gasteiger partial charge >= 0.3 is 0 Å². The molecule has 47 heavy (non-hydrogen) atoms. The largest absolute Gasteiger partial charge is 0.497 e. The monoisotopic (exact) mass is 682 g/mol. The molecule has 264 valence electrons. The second-order valence-electron chi connectivity index (χ2n) is 13.0. The quantitative estimate of drug-likeness (QED) is 0.161. The van der Waals surface area contributed by atoms with Crippen LogP contribution in [0, 0.1) is 0 Å². The van der Waals surface area contributed by atoms with Gasteiger partial charge in [0, 0.05) is 14.7 Å². The first-order valence-electron chi connectivity index (χ1n) is 15.8. The van der Waals surface area contributed by atoms with Crippen LogP contribution in [0.2, 0.25) is 25.7 Å². The molecule has 2 fully saturated rings. The third-order valence-electron chi connectivity index (χ3n) is 8.20. The number of ether oxygens (including phenoxy) is 8. The molecule has 14 heteroatoms. The molecule has 2 saturated heterocycles. The number of hydrogen-bond acceptors (Lipinski definition) is 13. The van der Waals surface area contributed by atoms with Crippen molar-refractivity contribution in [1.29, 1.82) is 0 Å². The molecule has 0 saturated carbocycles. The Bertz CT molecular complexity index is 1190. The Morgan fingerprint density at radius 1 is 0.660 bits per heavy atom. The van der Waals surface area contributed by atoms with Crippen LogP contribution in [0.1, 0.15) is 11.1 Å². The lowest BCUT2D eigenvalue weighted by Crippen LogP contribution is -2.65. The number of benzene rings is 2. The van der Waals surface area contributed by atoms with E-state index in [0.717, 1.165) is 17.2 Å². The molecule has 0 radical (unpaired) electrons. The molecule has 10 atom stereocenters. The molecule has 0 amide bonds. The standard InChI is InChI=1S/C33H50O13Si/c1-39-22-10-6-20(7-11-22)17-41-19-25-27(36)30(46-32-29(38)28(37)26(35)24(16-34)44-32)31(33(45-25)42-14-15-47(3,4)5)43-18-21-8-12-23(40-2)13-9-21/h6-13,24-38H,14-19H2,1-5H3/t24-,25-,26+,27+,28+,29-,30+,31-,32+,33-/m1/s1. The average Bonchev–Trinajstić information content (AvgIpc) is 3.06. The van der Waals surface area contributed by atoms with Gasteiger partial charge in [-0.3, -0.25) is 0 Å². The van der Waals surface area contributed by atoms with Gasteiger partial charge in [0.2, 0.25) is 0 Å². The summed E-state index contributed by atoms with van der Waals surface area (Å²) >= 11 is 0. The summed E-state index contributed by atoms with van der Waals surface area (Å²) < 4.78 is 47.1. The summed E-state index contributed by atoms with van der Waals surface area (Å²) in [6.07, 6.45) is -13.2. The molecule has 0 spiro atoms. The lowest BCUT2D eigenvalue weighted by molar-refractivity contribution is -0.365. The number of methoxy groups -OCH3 is 2. The summed E-state index contributed by atoms with van der Waals surface area (Å²) in [5, 5.41) is 52.9.